The van der Waals surface area contributed by atoms with Gasteiger partial charge in [-0.2, -0.15) is 25.6 Å². The number of hydrogen-bond acceptors (Lipinski definition) is 13. The van der Waals surface area contributed by atoms with E-state index in [0.29, 0.717) is 51.4 Å². The van der Waals surface area contributed by atoms with Crippen molar-refractivity contribution in [2.45, 2.75) is 0 Å². The normalized spacial score (nSPS) is 11.0. The first kappa shape index (κ1) is 32.4. The smallest absolute Gasteiger partial charge is 0.333 e. The Kier molecular flexibility index (Phi) is 12.0. The van der Waals surface area contributed by atoms with E-state index >= 15 is 0 Å². The fourth-order valence-corrected chi connectivity index (χ4v) is 3.39. The van der Waals surface area contributed by atoms with Crippen molar-refractivity contribution in [1.29, 1.82) is 0 Å². The summed E-state index contributed by atoms with van der Waals surface area (Å²) in [7, 11) is 1.53. The third kappa shape index (κ3) is 10.3. The van der Waals surface area contributed by atoms with Gasteiger partial charge in [0.1, 0.15) is 22.9 Å². The molecular formula is C33H28N6O7. The van der Waals surface area contributed by atoms with Gasteiger partial charge in [0.25, 0.3) is 0 Å². The first-order valence-electron chi connectivity index (χ1n) is 13.5. The molecule has 0 fully saturated rings. The minimum absolute atomic E-state index is 0.214. The zero-order valence-electron chi connectivity index (χ0n) is 24.7. The molecule has 0 aliphatic carbocycles. The molecule has 13 nitrogen and oxygen atoms in total. The monoisotopic (exact) mass is 620 g/mol. The zero-order valence-corrected chi connectivity index (χ0v) is 24.7. The quantitative estimate of drug-likeness (QED) is 0.0555. The van der Waals surface area contributed by atoms with Gasteiger partial charge in [0, 0.05) is 18.2 Å². The van der Waals surface area contributed by atoms with E-state index in [1.54, 1.807) is 91.0 Å². The third-order valence-corrected chi connectivity index (χ3v) is 5.71. The Balaban J connectivity index is 1.30. The van der Waals surface area contributed by atoms with E-state index in [2.05, 4.69) is 43.8 Å². The minimum atomic E-state index is -0.568. The predicted molar refractivity (Wildman–Crippen MR) is 168 cm³/mol. The molecule has 0 aromatic heterocycles. The summed E-state index contributed by atoms with van der Waals surface area (Å²) in [6, 6.07) is 25.8. The molecule has 0 spiro atoms. The Morgan fingerprint density at radius 1 is 0.565 bits per heavy atom. The Labute approximate surface area is 264 Å². The Morgan fingerprint density at radius 3 is 1.35 bits per heavy atom. The number of carbonyl (C=O) groups is 2. The van der Waals surface area contributed by atoms with Crippen molar-refractivity contribution in [2.75, 3.05) is 20.7 Å². The molecule has 0 aliphatic heterocycles. The number of ether oxygens (including phenoxy) is 5. The first-order chi connectivity index (χ1) is 22.4. The second-order valence-electron chi connectivity index (χ2n) is 8.82. The summed E-state index contributed by atoms with van der Waals surface area (Å²) in [5, 5.41) is 25.5. The van der Waals surface area contributed by atoms with Crippen LogP contribution in [0.4, 0.5) is 34.1 Å². The molecule has 0 aliphatic rings. The molecule has 0 saturated carbocycles. The maximum Gasteiger partial charge on any atom is 0.333 e. The van der Waals surface area contributed by atoms with Crippen LogP contribution in [0.25, 0.3) is 0 Å². The van der Waals surface area contributed by atoms with Crippen LogP contribution >= 0.6 is 0 Å². The van der Waals surface area contributed by atoms with Crippen LogP contribution in [0.15, 0.2) is 147 Å². The van der Waals surface area contributed by atoms with Crippen LogP contribution in [0.3, 0.4) is 0 Å². The SMILES string of the molecule is C=CC(=O)OCOc1ccc(N=Nc2ccc(N=Nc3ccc(N=Nc4ccc(OCOC(=O)C=C)cc4)c(OC)c3)cc2)cc1. The van der Waals surface area contributed by atoms with Gasteiger partial charge < -0.3 is 23.7 Å². The minimum Gasteiger partial charge on any atom is -0.494 e. The lowest BCUT2D eigenvalue weighted by molar-refractivity contribution is -0.145. The van der Waals surface area contributed by atoms with Gasteiger partial charge in [-0.1, -0.05) is 13.2 Å². The Bertz CT molecular complexity index is 1740. The van der Waals surface area contributed by atoms with Gasteiger partial charge in [-0.15, -0.1) is 5.11 Å². The number of methoxy groups -OCH3 is 1. The molecule has 4 rings (SSSR count). The lowest BCUT2D eigenvalue weighted by atomic mass is 10.2. The van der Waals surface area contributed by atoms with Crippen molar-refractivity contribution in [3.8, 4) is 17.2 Å². The van der Waals surface area contributed by atoms with Gasteiger partial charge >= 0.3 is 11.9 Å². The summed E-state index contributed by atoms with van der Waals surface area (Å²) < 4.78 is 25.7. The van der Waals surface area contributed by atoms with Crippen molar-refractivity contribution in [1.82, 2.24) is 0 Å². The number of carbonyl (C=O) groups excluding carboxylic acids is 2. The fraction of sp³-hybridized carbons (Fsp3) is 0.0909. The number of benzene rings is 4. The van der Waals surface area contributed by atoms with Crippen LogP contribution in [0.2, 0.25) is 0 Å². The second-order valence-corrected chi connectivity index (χ2v) is 8.82. The largest absolute Gasteiger partial charge is 0.494 e. The first-order valence-corrected chi connectivity index (χ1v) is 13.5. The maximum atomic E-state index is 11.1. The maximum absolute atomic E-state index is 11.1. The molecule has 13 heteroatoms. The highest BCUT2D eigenvalue weighted by Gasteiger charge is 2.05. The van der Waals surface area contributed by atoms with Gasteiger partial charge in [0.05, 0.1) is 35.5 Å². The third-order valence-electron chi connectivity index (χ3n) is 5.71. The summed E-state index contributed by atoms with van der Waals surface area (Å²) in [4.78, 5) is 22.1. The van der Waals surface area contributed by atoms with Gasteiger partial charge in [-0.25, -0.2) is 9.59 Å². The molecule has 0 saturated heterocycles. The highest BCUT2D eigenvalue weighted by molar-refractivity contribution is 5.81. The average Bonchev–Trinajstić information content (AvgIpc) is 3.10. The summed E-state index contributed by atoms with van der Waals surface area (Å²) in [6.07, 6.45) is 2.12. The lowest BCUT2D eigenvalue weighted by Crippen LogP contribution is -2.07. The molecule has 0 heterocycles. The number of esters is 2. The van der Waals surface area contributed by atoms with Crippen molar-refractivity contribution in [2.24, 2.45) is 30.7 Å². The standard InChI is InChI=1S/C33H28N6O7/c1-4-32(40)45-21-43-28-15-10-25(11-16-28)35-34-23-6-8-24(9-7-23)36-38-27-14-19-30(31(20-27)42-3)39-37-26-12-17-29(18-13-26)44-22-46-33(41)5-2/h4-20H,1-2,21-22H2,3H3. The number of rotatable bonds is 15. The topological polar surface area (TPSA) is 154 Å². The molecule has 0 N–H and O–H groups in total. The second kappa shape index (κ2) is 17.0. The van der Waals surface area contributed by atoms with E-state index < -0.39 is 11.9 Å². The van der Waals surface area contributed by atoms with Crippen molar-refractivity contribution in [3.05, 3.63) is 116 Å². The molecule has 4 aromatic rings. The van der Waals surface area contributed by atoms with Crippen LogP contribution in [-0.2, 0) is 19.1 Å². The molecule has 232 valence electrons. The van der Waals surface area contributed by atoms with Gasteiger partial charge in [-0.05, 0) is 84.9 Å². The molecule has 46 heavy (non-hydrogen) atoms. The summed E-state index contributed by atoms with van der Waals surface area (Å²) in [5.74, 6) is 0.358. The molecule has 0 radical (unpaired) electrons. The van der Waals surface area contributed by atoms with E-state index in [9.17, 15) is 9.59 Å². The Hall–Kier alpha value is -6.50. The lowest BCUT2D eigenvalue weighted by Gasteiger charge is -2.06. The zero-order chi connectivity index (χ0) is 32.6. The number of hydrogen-bond donors (Lipinski definition) is 0. The molecule has 0 unspecified atom stereocenters. The summed E-state index contributed by atoms with van der Waals surface area (Å²) >= 11 is 0. The predicted octanol–water partition coefficient (Wildman–Crippen LogP) is 9.07. The molecule has 0 amide bonds. The summed E-state index contributed by atoms with van der Waals surface area (Å²) in [6.45, 7) is 6.20. The van der Waals surface area contributed by atoms with E-state index in [-0.39, 0.29) is 13.6 Å². The highest BCUT2D eigenvalue weighted by atomic mass is 16.7. The molecule has 0 atom stereocenters. The van der Waals surface area contributed by atoms with Gasteiger partial charge in [0.15, 0.2) is 0 Å². The van der Waals surface area contributed by atoms with E-state index in [4.69, 9.17) is 23.7 Å². The van der Waals surface area contributed by atoms with Crippen LogP contribution in [0, 0.1) is 0 Å². The summed E-state index contributed by atoms with van der Waals surface area (Å²) in [5.41, 5.74) is 3.50. The van der Waals surface area contributed by atoms with E-state index in [1.807, 2.05) is 0 Å². The van der Waals surface area contributed by atoms with Crippen LogP contribution in [-0.4, -0.2) is 32.6 Å². The molecular weight excluding hydrogens is 592 g/mol. The van der Waals surface area contributed by atoms with E-state index in [0.717, 1.165) is 12.2 Å². The van der Waals surface area contributed by atoms with Crippen molar-refractivity contribution < 1.29 is 33.3 Å². The van der Waals surface area contributed by atoms with Crippen LogP contribution < -0.4 is 14.2 Å². The van der Waals surface area contributed by atoms with Gasteiger partial charge in [-0.3, -0.25) is 0 Å². The van der Waals surface area contributed by atoms with Crippen molar-refractivity contribution >= 4 is 46.1 Å². The highest BCUT2D eigenvalue weighted by Crippen LogP contribution is 2.34. The fourth-order valence-electron chi connectivity index (χ4n) is 3.39. The molecule has 4 aromatic carbocycles. The van der Waals surface area contributed by atoms with Gasteiger partial charge in [0.2, 0.25) is 13.6 Å². The number of nitrogens with zero attached hydrogens (tertiary/aromatic N) is 6. The van der Waals surface area contributed by atoms with E-state index in [1.165, 1.54) is 7.11 Å². The van der Waals surface area contributed by atoms with Crippen LogP contribution in [0.5, 0.6) is 17.2 Å². The van der Waals surface area contributed by atoms with Crippen molar-refractivity contribution in [3.63, 3.8) is 0 Å². The Morgan fingerprint density at radius 2 is 0.935 bits per heavy atom. The number of azo groups is 3. The van der Waals surface area contributed by atoms with Crippen LogP contribution in [0.1, 0.15) is 0 Å². The molecule has 0 bridgehead atoms. The average molecular weight is 621 g/mol.